The van der Waals surface area contributed by atoms with Gasteiger partial charge in [0, 0.05) is 5.25 Å². The predicted molar refractivity (Wildman–Crippen MR) is 38.3 cm³/mol. The van der Waals surface area contributed by atoms with Crippen LogP contribution in [-0.2, 0) is 4.79 Å². The normalized spacial score (nSPS) is 20.4. The lowest BCUT2D eigenvalue weighted by atomic mass is 10.0. The number of rotatable bonds is 2. The molecule has 2 atom stereocenters. The molecule has 0 saturated heterocycles. The van der Waals surface area contributed by atoms with E-state index < -0.39 is 16.8 Å². The zero-order chi connectivity index (χ0) is 7.65. The average Bonchev–Trinajstić information content (AvgIpc) is 1.65. The van der Waals surface area contributed by atoms with Crippen molar-refractivity contribution in [3.63, 3.8) is 0 Å². The minimum Gasteiger partial charge on any atom is -0.379 e. The first-order valence-corrected chi connectivity index (χ1v) is 3.11. The van der Waals surface area contributed by atoms with Crippen molar-refractivity contribution >= 4 is 18.5 Å². The van der Waals surface area contributed by atoms with Crippen LogP contribution in [0.15, 0.2) is 0 Å². The second-order valence-electron chi connectivity index (χ2n) is 2.19. The lowest BCUT2D eigenvalue weighted by Crippen LogP contribution is -2.47. The van der Waals surface area contributed by atoms with E-state index in [1.54, 1.807) is 6.92 Å². The molecule has 0 heterocycles. The van der Waals surface area contributed by atoms with E-state index in [1.807, 2.05) is 0 Å². The van der Waals surface area contributed by atoms with Crippen molar-refractivity contribution in [3.8, 4) is 0 Å². The molecule has 9 heavy (non-hydrogen) atoms. The van der Waals surface area contributed by atoms with Crippen LogP contribution in [0.25, 0.3) is 0 Å². The lowest BCUT2D eigenvalue weighted by Gasteiger charge is -2.22. The standard InChI is InChI=1S/C5H11NO2S/c1-3(9)5(2,8)4(6)7/h3,8-9H,1-2H3,(H2,6,7). The van der Waals surface area contributed by atoms with Crippen LogP contribution in [0.3, 0.4) is 0 Å². The molecule has 0 aliphatic heterocycles. The van der Waals surface area contributed by atoms with Crippen molar-refractivity contribution in [2.75, 3.05) is 0 Å². The highest BCUT2D eigenvalue weighted by atomic mass is 32.1. The number of primary amides is 1. The van der Waals surface area contributed by atoms with Crippen LogP contribution in [0.4, 0.5) is 0 Å². The minimum absolute atomic E-state index is 0.435. The largest absolute Gasteiger partial charge is 0.379 e. The highest BCUT2D eigenvalue weighted by Crippen LogP contribution is 2.13. The fourth-order valence-corrected chi connectivity index (χ4v) is 0.333. The Bertz CT molecular complexity index is 122. The Morgan fingerprint density at radius 2 is 2.22 bits per heavy atom. The molecule has 0 saturated carbocycles. The minimum atomic E-state index is -1.50. The molecule has 1 amide bonds. The van der Waals surface area contributed by atoms with Crippen molar-refractivity contribution in [1.29, 1.82) is 0 Å². The second-order valence-corrected chi connectivity index (χ2v) is 2.96. The third-order valence-electron chi connectivity index (χ3n) is 1.31. The SMILES string of the molecule is CC(S)C(C)(O)C(N)=O. The van der Waals surface area contributed by atoms with Crippen molar-refractivity contribution in [3.05, 3.63) is 0 Å². The summed E-state index contributed by atoms with van der Waals surface area (Å²) in [5, 5.41) is 8.68. The zero-order valence-corrected chi connectivity index (χ0v) is 6.35. The number of hydrogen-bond donors (Lipinski definition) is 3. The molecular weight excluding hydrogens is 138 g/mol. The molecule has 0 aliphatic rings. The summed E-state index contributed by atoms with van der Waals surface area (Å²) in [4.78, 5) is 10.4. The van der Waals surface area contributed by atoms with Crippen LogP contribution in [0.2, 0.25) is 0 Å². The van der Waals surface area contributed by atoms with Crippen LogP contribution >= 0.6 is 12.6 Å². The Balaban J connectivity index is 4.19. The third kappa shape index (κ3) is 1.87. The smallest absolute Gasteiger partial charge is 0.250 e. The molecule has 0 bridgehead atoms. The summed E-state index contributed by atoms with van der Waals surface area (Å²) < 4.78 is 0. The van der Waals surface area contributed by atoms with Gasteiger partial charge in [-0.15, -0.1) is 0 Å². The second kappa shape index (κ2) is 2.58. The molecule has 0 aliphatic carbocycles. The number of nitrogens with two attached hydrogens (primary N) is 1. The number of carbonyl (C=O) groups excluding carboxylic acids is 1. The molecule has 0 radical (unpaired) electrons. The molecular formula is C5H11NO2S. The quantitative estimate of drug-likeness (QED) is 0.465. The number of amides is 1. The number of aliphatic hydroxyl groups is 1. The van der Waals surface area contributed by atoms with Gasteiger partial charge in [0.15, 0.2) is 5.60 Å². The van der Waals surface area contributed by atoms with Gasteiger partial charge in [-0.3, -0.25) is 4.79 Å². The van der Waals surface area contributed by atoms with Gasteiger partial charge in [0.2, 0.25) is 5.91 Å². The van der Waals surface area contributed by atoms with E-state index in [1.165, 1.54) is 6.92 Å². The van der Waals surface area contributed by atoms with E-state index >= 15 is 0 Å². The predicted octanol–water partition coefficient (Wildman–Crippen LogP) is -0.459. The number of hydrogen-bond acceptors (Lipinski definition) is 3. The first-order chi connectivity index (χ1) is 3.89. The summed E-state index contributed by atoms with van der Waals surface area (Å²) in [6.07, 6.45) is 0. The monoisotopic (exact) mass is 149 g/mol. The molecule has 54 valence electrons. The summed E-state index contributed by atoms with van der Waals surface area (Å²) >= 11 is 3.87. The highest BCUT2D eigenvalue weighted by molar-refractivity contribution is 7.81. The van der Waals surface area contributed by atoms with E-state index in [2.05, 4.69) is 12.6 Å². The Kier molecular flexibility index (Phi) is 2.51. The average molecular weight is 149 g/mol. The van der Waals surface area contributed by atoms with Gasteiger partial charge in [0.1, 0.15) is 0 Å². The first-order valence-electron chi connectivity index (χ1n) is 2.59. The Morgan fingerprint density at radius 3 is 2.22 bits per heavy atom. The maximum atomic E-state index is 10.4. The summed E-state index contributed by atoms with van der Waals surface area (Å²) in [7, 11) is 0. The topological polar surface area (TPSA) is 63.3 Å². The van der Waals surface area contributed by atoms with Gasteiger partial charge in [0.05, 0.1) is 0 Å². The maximum Gasteiger partial charge on any atom is 0.250 e. The Hall–Kier alpha value is -0.220. The van der Waals surface area contributed by atoms with E-state index in [9.17, 15) is 4.79 Å². The van der Waals surface area contributed by atoms with Crippen molar-refractivity contribution in [1.82, 2.24) is 0 Å². The Morgan fingerprint density at radius 1 is 1.89 bits per heavy atom. The van der Waals surface area contributed by atoms with E-state index in [4.69, 9.17) is 10.8 Å². The Labute approximate surface area is 59.6 Å². The number of carbonyl (C=O) groups is 1. The van der Waals surface area contributed by atoms with E-state index in [0.29, 0.717) is 0 Å². The fraction of sp³-hybridized carbons (Fsp3) is 0.800. The van der Waals surface area contributed by atoms with Gasteiger partial charge in [-0.25, -0.2) is 0 Å². The summed E-state index contributed by atoms with van der Waals surface area (Å²) in [5.74, 6) is -0.745. The fourth-order valence-electron chi connectivity index (χ4n) is 0.206. The molecule has 2 unspecified atom stereocenters. The molecule has 0 spiro atoms. The van der Waals surface area contributed by atoms with Gasteiger partial charge in [-0.05, 0) is 6.92 Å². The third-order valence-corrected chi connectivity index (χ3v) is 1.82. The summed E-state index contributed by atoms with van der Waals surface area (Å²) in [6.45, 7) is 2.95. The van der Waals surface area contributed by atoms with Crippen molar-refractivity contribution in [2.45, 2.75) is 24.7 Å². The van der Waals surface area contributed by atoms with Crippen LogP contribution in [0.5, 0.6) is 0 Å². The molecule has 0 aromatic rings. The molecule has 0 fully saturated rings. The van der Waals surface area contributed by atoms with Gasteiger partial charge < -0.3 is 10.8 Å². The molecule has 0 rings (SSSR count). The van der Waals surface area contributed by atoms with Gasteiger partial charge in [-0.1, -0.05) is 6.92 Å². The van der Waals surface area contributed by atoms with Crippen molar-refractivity contribution in [2.24, 2.45) is 5.73 Å². The molecule has 0 aromatic carbocycles. The van der Waals surface area contributed by atoms with Gasteiger partial charge in [0.25, 0.3) is 0 Å². The molecule has 3 N–H and O–H groups in total. The van der Waals surface area contributed by atoms with Gasteiger partial charge in [-0.2, -0.15) is 12.6 Å². The maximum absolute atomic E-state index is 10.4. The van der Waals surface area contributed by atoms with Crippen molar-refractivity contribution < 1.29 is 9.90 Å². The number of thiol groups is 1. The van der Waals surface area contributed by atoms with Crippen LogP contribution in [0.1, 0.15) is 13.8 Å². The van der Waals surface area contributed by atoms with E-state index in [0.717, 1.165) is 0 Å². The van der Waals surface area contributed by atoms with Crippen LogP contribution in [-0.4, -0.2) is 21.9 Å². The lowest BCUT2D eigenvalue weighted by molar-refractivity contribution is -0.134. The molecule has 3 nitrogen and oxygen atoms in total. The van der Waals surface area contributed by atoms with Gasteiger partial charge >= 0.3 is 0 Å². The molecule has 4 heteroatoms. The summed E-state index contributed by atoms with van der Waals surface area (Å²) in [5.41, 5.74) is 3.34. The van der Waals surface area contributed by atoms with Crippen LogP contribution in [0, 0.1) is 0 Å². The zero-order valence-electron chi connectivity index (χ0n) is 5.46. The first kappa shape index (κ1) is 8.78. The molecule has 0 aromatic heterocycles. The summed E-state index contributed by atoms with van der Waals surface area (Å²) in [6, 6.07) is 0. The van der Waals surface area contributed by atoms with Crippen LogP contribution < -0.4 is 5.73 Å². The highest BCUT2D eigenvalue weighted by Gasteiger charge is 2.31. The van der Waals surface area contributed by atoms with E-state index in [-0.39, 0.29) is 0 Å².